The Morgan fingerprint density at radius 3 is 2.65 bits per heavy atom. The highest BCUT2D eigenvalue weighted by Crippen LogP contribution is 2.30. The van der Waals surface area contributed by atoms with Crippen LogP contribution in [-0.4, -0.2) is 23.3 Å². The molecule has 1 fully saturated rings. The summed E-state index contributed by atoms with van der Waals surface area (Å²) in [5, 5.41) is 0. The molecule has 1 heterocycles. The largest absolute Gasteiger partial charge is 0.462 e. The molecule has 0 spiro atoms. The van der Waals surface area contributed by atoms with Crippen molar-refractivity contribution in [1.82, 2.24) is 4.98 Å². The van der Waals surface area contributed by atoms with Crippen LogP contribution in [0.1, 0.15) is 44.7 Å². The molecule has 0 aliphatic heterocycles. The average molecular weight is 418 g/mol. The fraction of sp³-hybridized carbons (Fsp3) is 0.240. The number of benzene rings is 2. The molecule has 3 aromatic rings. The Labute approximate surface area is 180 Å². The summed E-state index contributed by atoms with van der Waals surface area (Å²) in [7, 11) is 0. The van der Waals surface area contributed by atoms with Gasteiger partial charge in [-0.25, -0.2) is 9.18 Å². The third-order valence-electron chi connectivity index (χ3n) is 5.42. The number of nitrogens with two attached hydrogens (primary N) is 1. The van der Waals surface area contributed by atoms with Crippen molar-refractivity contribution in [3.8, 4) is 11.1 Å². The van der Waals surface area contributed by atoms with E-state index in [1.54, 1.807) is 36.4 Å². The van der Waals surface area contributed by atoms with Gasteiger partial charge in [0.1, 0.15) is 5.82 Å². The normalized spacial score (nSPS) is 13.1. The van der Waals surface area contributed by atoms with Gasteiger partial charge in [-0.2, -0.15) is 0 Å². The average Bonchev–Trinajstić information content (AvgIpc) is 3.63. The van der Waals surface area contributed by atoms with Crippen LogP contribution >= 0.6 is 0 Å². The predicted octanol–water partition coefficient (Wildman–Crippen LogP) is 4.34. The quantitative estimate of drug-likeness (QED) is 0.435. The SMILES string of the molecule is NCc1ccc(C(=O)Cc2ccncc2F)cc1-c1cccc(C(=O)OCC2CC2)c1. The van der Waals surface area contributed by atoms with E-state index in [0.29, 0.717) is 29.2 Å². The van der Waals surface area contributed by atoms with E-state index in [9.17, 15) is 14.0 Å². The number of nitrogens with zero attached hydrogens (tertiary/aromatic N) is 1. The highest BCUT2D eigenvalue weighted by atomic mass is 19.1. The van der Waals surface area contributed by atoms with Gasteiger partial charge in [0.05, 0.1) is 18.4 Å². The lowest BCUT2D eigenvalue weighted by Gasteiger charge is -2.12. The first-order chi connectivity index (χ1) is 15.0. The van der Waals surface area contributed by atoms with Crippen molar-refractivity contribution in [3.63, 3.8) is 0 Å². The number of halogens is 1. The standard InChI is InChI=1S/C25H23FN2O3/c26-23-14-28-9-8-18(23)12-24(29)19-6-7-21(13-27)22(11-19)17-2-1-3-20(10-17)25(30)31-15-16-4-5-16/h1-3,6-11,14,16H,4-5,12-13,15,27H2. The van der Waals surface area contributed by atoms with Crippen LogP contribution in [0.4, 0.5) is 4.39 Å². The molecular weight excluding hydrogens is 395 g/mol. The molecule has 31 heavy (non-hydrogen) atoms. The second kappa shape index (κ2) is 9.18. The topological polar surface area (TPSA) is 82.3 Å². The van der Waals surface area contributed by atoms with Crippen molar-refractivity contribution < 1.29 is 18.7 Å². The van der Waals surface area contributed by atoms with Crippen molar-refractivity contribution in [2.75, 3.05) is 6.61 Å². The van der Waals surface area contributed by atoms with E-state index in [-0.39, 0.29) is 24.7 Å². The van der Waals surface area contributed by atoms with Crippen molar-refractivity contribution in [3.05, 3.63) is 89.0 Å². The van der Waals surface area contributed by atoms with Crippen LogP contribution in [0.25, 0.3) is 11.1 Å². The maximum absolute atomic E-state index is 13.9. The first-order valence-corrected chi connectivity index (χ1v) is 10.3. The molecule has 4 rings (SSSR count). The second-order valence-corrected chi connectivity index (χ2v) is 7.77. The van der Waals surface area contributed by atoms with Gasteiger partial charge in [0.25, 0.3) is 0 Å². The number of Topliss-reactive ketones (excluding diaryl/α,β-unsaturated/α-hetero) is 1. The third kappa shape index (κ3) is 5.03. The Morgan fingerprint density at radius 2 is 1.90 bits per heavy atom. The number of hydrogen-bond donors (Lipinski definition) is 1. The third-order valence-corrected chi connectivity index (χ3v) is 5.42. The summed E-state index contributed by atoms with van der Waals surface area (Å²) < 4.78 is 19.3. The van der Waals surface area contributed by atoms with Gasteiger partial charge < -0.3 is 10.5 Å². The number of ketones is 1. The second-order valence-electron chi connectivity index (χ2n) is 7.77. The van der Waals surface area contributed by atoms with Crippen LogP contribution in [0, 0.1) is 11.7 Å². The maximum atomic E-state index is 13.9. The number of esters is 1. The number of rotatable bonds is 8. The summed E-state index contributed by atoms with van der Waals surface area (Å²) in [6.07, 6.45) is 4.71. The van der Waals surface area contributed by atoms with Crippen LogP contribution < -0.4 is 5.73 Å². The molecule has 5 nitrogen and oxygen atoms in total. The highest BCUT2D eigenvalue weighted by Gasteiger charge is 2.23. The molecule has 0 saturated heterocycles. The molecule has 0 atom stereocenters. The molecule has 2 N–H and O–H groups in total. The van der Waals surface area contributed by atoms with E-state index < -0.39 is 5.82 Å². The molecule has 1 aliphatic carbocycles. The van der Waals surface area contributed by atoms with Crippen LogP contribution in [0.5, 0.6) is 0 Å². The molecule has 0 radical (unpaired) electrons. The minimum Gasteiger partial charge on any atom is -0.462 e. The lowest BCUT2D eigenvalue weighted by Crippen LogP contribution is -2.09. The molecule has 6 heteroatoms. The summed E-state index contributed by atoms with van der Waals surface area (Å²) in [6.45, 7) is 0.728. The van der Waals surface area contributed by atoms with E-state index in [1.165, 1.54) is 12.3 Å². The van der Waals surface area contributed by atoms with E-state index in [4.69, 9.17) is 10.5 Å². The summed E-state index contributed by atoms with van der Waals surface area (Å²) in [5.74, 6) is -0.589. The summed E-state index contributed by atoms with van der Waals surface area (Å²) >= 11 is 0. The van der Waals surface area contributed by atoms with Gasteiger partial charge in [0.15, 0.2) is 5.78 Å². The molecule has 0 bridgehead atoms. The molecule has 0 unspecified atom stereocenters. The smallest absolute Gasteiger partial charge is 0.338 e. The van der Waals surface area contributed by atoms with E-state index in [2.05, 4.69) is 4.98 Å². The number of carbonyl (C=O) groups is 2. The van der Waals surface area contributed by atoms with Crippen molar-refractivity contribution in [2.24, 2.45) is 11.7 Å². The van der Waals surface area contributed by atoms with Crippen molar-refractivity contribution in [1.29, 1.82) is 0 Å². The molecule has 158 valence electrons. The van der Waals surface area contributed by atoms with Gasteiger partial charge in [-0.1, -0.05) is 24.3 Å². The fourth-order valence-corrected chi connectivity index (χ4v) is 3.39. The predicted molar refractivity (Wildman–Crippen MR) is 115 cm³/mol. The van der Waals surface area contributed by atoms with Gasteiger partial charge in [-0.05, 0) is 65.3 Å². The zero-order valence-corrected chi connectivity index (χ0v) is 17.0. The molecule has 2 aromatic carbocycles. The molecule has 1 aliphatic rings. The Bertz CT molecular complexity index is 1130. The molecule has 1 aromatic heterocycles. The Morgan fingerprint density at radius 1 is 1.06 bits per heavy atom. The van der Waals surface area contributed by atoms with Crippen LogP contribution in [0.3, 0.4) is 0 Å². The monoisotopic (exact) mass is 418 g/mol. The van der Waals surface area contributed by atoms with E-state index in [1.807, 2.05) is 6.07 Å². The minimum atomic E-state index is -0.507. The van der Waals surface area contributed by atoms with E-state index >= 15 is 0 Å². The van der Waals surface area contributed by atoms with Gasteiger partial charge >= 0.3 is 5.97 Å². The molecule has 1 saturated carbocycles. The fourth-order valence-electron chi connectivity index (χ4n) is 3.39. The van der Waals surface area contributed by atoms with Gasteiger partial charge in [-0.3, -0.25) is 9.78 Å². The van der Waals surface area contributed by atoms with Gasteiger partial charge in [0, 0.05) is 24.7 Å². The van der Waals surface area contributed by atoms with Crippen molar-refractivity contribution in [2.45, 2.75) is 25.8 Å². The van der Waals surface area contributed by atoms with Crippen LogP contribution in [0.2, 0.25) is 0 Å². The Balaban J connectivity index is 1.60. The zero-order valence-electron chi connectivity index (χ0n) is 17.0. The summed E-state index contributed by atoms with van der Waals surface area (Å²) in [4.78, 5) is 28.9. The van der Waals surface area contributed by atoms with Gasteiger partial charge in [-0.15, -0.1) is 0 Å². The van der Waals surface area contributed by atoms with Gasteiger partial charge in [0.2, 0.25) is 0 Å². The maximum Gasteiger partial charge on any atom is 0.338 e. The lowest BCUT2D eigenvalue weighted by atomic mass is 9.93. The Hall–Kier alpha value is -3.38. The number of aromatic nitrogens is 1. The van der Waals surface area contributed by atoms with E-state index in [0.717, 1.165) is 35.7 Å². The molecule has 0 amide bonds. The number of carbonyl (C=O) groups excluding carboxylic acids is 2. The van der Waals surface area contributed by atoms with Crippen molar-refractivity contribution >= 4 is 11.8 Å². The minimum absolute atomic E-state index is 0.0662. The first kappa shape index (κ1) is 20.9. The highest BCUT2D eigenvalue weighted by molar-refractivity contribution is 5.99. The molecular formula is C25H23FN2O3. The summed E-state index contributed by atoms with van der Waals surface area (Å²) in [5.41, 5.74) is 9.49. The first-order valence-electron chi connectivity index (χ1n) is 10.3. The lowest BCUT2D eigenvalue weighted by molar-refractivity contribution is 0.0486. The van der Waals surface area contributed by atoms with Crippen LogP contribution in [-0.2, 0) is 17.7 Å². The van der Waals surface area contributed by atoms with Crippen LogP contribution in [0.15, 0.2) is 60.9 Å². The zero-order chi connectivity index (χ0) is 21.8. The number of ether oxygens (including phenoxy) is 1. The Kier molecular flexibility index (Phi) is 6.18. The number of pyridine rings is 1. The summed E-state index contributed by atoms with van der Waals surface area (Å²) in [6, 6.07) is 13.8. The number of hydrogen-bond acceptors (Lipinski definition) is 5.